The highest BCUT2D eigenvalue weighted by Crippen LogP contribution is 2.24. The molecule has 176 valence electrons. The number of ether oxygens (including phenoxy) is 1. The number of guanidine groups is 1. The summed E-state index contributed by atoms with van der Waals surface area (Å²) in [5.74, 6) is 1.69. The standard InChI is InChI=1S/C25H37N5O.HI/c1-20(22-10-8-11-23(18-22)30-13-5-6-14-30)28-25(26-2)27-19-21-9-7-12-24(17-21)31-16-15-29(3)4;/h7-12,17-18,20H,5-6,13-16,19H2,1-4H3,(H2,26,27,28);1H. The van der Waals surface area contributed by atoms with E-state index in [1.807, 2.05) is 33.3 Å². The highest BCUT2D eigenvalue weighted by Gasteiger charge is 2.14. The first-order chi connectivity index (χ1) is 15.0. The average Bonchev–Trinajstić information content (AvgIpc) is 3.32. The molecule has 0 bridgehead atoms. The van der Waals surface area contributed by atoms with Crippen LogP contribution in [0.5, 0.6) is 5.75 Å². The van der Waals surface area contributed by atoms with E-state index in [-0.39, 0.29) is 30.0 Å². The van der Waals surface area contributed by atoms with Crippen LogP contribution >= 0.6 is 24.0 Å². The van der Waals surface area contributed by atoms with Gasteiger partial charge in [0, 0.05) is 38.9 Å². The average molecular weight is 552 g/mol. The van der Waals surface area contributed by atoms with E-state index in [0.717, 1.165) is 36.9 Å². The molecule has 0 saturated carbocycles. The molecule has 0 spiro atoms. The number of nitrogens with zero attached hydrogens (tertiary/aromatic N) is 3. The molecule has 1 fully saturated rings. The smallest absolute Gasteiger partial charge is 0.191 e. The molecule has 0 aromatic heterocycles. The number of rotatable bonds is 9. The van der Waals surface area contributed by atoms with Crippen LogP contribution < -0.4 is 20.3 Å². The number of likely N-dealkylation sites (N-methyl/N-ethyl adjacent to an activating group) is 1. The first-order valence-electron chi connectivity index (χ1n) is 11.2. The summed E-state index contributed by atoms with van der Waals surface area (Å²) in [6, 6.07) is 17.2. The molecule has 32 heavy (non-hydrogen) atoms. The van der Waals surface area contributed by atoms with Gasteiger partial charge in [0.15, 0.2) is 5.96 Å². The number of hydrogen-bond donors (Lipinski definition) is 2. The summed E-state index contributed by atoms with van der Waals surface area (Å²) in [5, 5.41) is 6.94. The fraction of sp³-hybridized carbons (Fsp3) is 0.480. The molecule has 0 radical (unpaired) electrons. The number of nitrogens with one attached hydrogen (secondary N) is 2. The maximum Gasteiger partial charge on any atom is 0.191 e. The van der Waals surface area contributed by atoms with Crippen molar-refractivity contribution in [2.45, 2.75) is 32.4 Å². The molecular formula is C25H38IN5O. The number of hydrogen-bond acceptors (Lipinski definition) is 4. The summed E-state index contributed by atoms with van der Waals surface area (Å²) < 4.78 is 5.85. The molecule has 6 nitrogen and oxygen atoms in total. The summed E-state index contributed by atoms with van der Waals surface area (Å²) in [6.45, 7) is 6.76. The molecule has 2 aromatic carbocycles. The lowest BCUT2D eigenvalue weighted by molar-refractivity contribution is 0.261. The minimum absolute atomic E-state index is 0. The van der Waals surface area contributed by atoms with Crippen molar-refractivity contribution in [3.8, 4) is 5.75 Å². The fourth-order valence-electron chi connectivity index (χ4n) is 3.73. The minimum Gasteiger partial charge on any atom is -0.492 e. The lowest BCUT2D eigenvalue weighted by Crippen LogP contribution is -2.38. The van der Waals surface area contributed by atoms with Crippen LogP contribution in [0.15, 0.2) is 53.5 Å². The third-order valence-corrected chi connectivity index (χ3v) is 5.58. The predicted molar refractivity (Wildman–Crippen MR) is 146 cm³/mol. The Bertz CT molecular complexity index is 852. The lowest BCUT2D eigenvalue weighted by Gasteiger charge is -2.22. The highest BCUT2D eigenvalue weighted by molar-refractivity contribution is 14.0. The number of benzene rings is 2. The van der Waals surface area contributed by atoms with Crippen LogP contribution in [-0.4, -0.2) is 58.2 Å². The van der Waals surface area contributed by atoms with E-state index in [1.54, 1.807) is 0 Å². The van der Waals surface area contributed by atoms with Crippen LogP contribution in [0.1, 0.15) is 36.9 Å². The summed E-state index contributed by atoms with van der Waals surface area (Å²) in [6.07, 6.45) is 2.58. The van der Waals surface area contributed by atoms with Gasteiger partial charge in [-0.1, -0.05) is 24.3 Å². The Hall–Kier alpha value is -2.00. The quantitative estimate of drug-likeness (QED) is 0.277. The van der Waals surface area contributed by atoms with Crippen LogP contribution in [-0.2, 0) is 6.54 Å². The normalized spacial score (nSPS) is 14.8. The molecule has 1 saturated heterocycles. The zero-order chi connectivity index (χ0) is 22.1. The predicted octanol–water partition coefficient (Wildman–Crippen LogP) is 4.27. The van der Waals surface area contributed by atoms with E-state index in [2.05, 4.69) is 68.7 Å². The Kier molecular flexibility index (Phi) is 11.1. The zero-order valence-electron chi connectivity index (χ0n) is 19.8. The number of anilines is 1. The van der Waals surface area contributed by atoms with Gasteiger partial charge in [-0.25, -0.2) is 0 Å². The summed E-state index contributed by atoms with van der Waals surface area (Å²) in [7, 11) is 5.90. The summed E-state index contributed by atoms with van der Waals surface area (Å²) >= 11 is 0. The first kappa shape index (κ1) is 26.3. The van der Waals surface area contributed by atoms with Gasteiger partial charge in [0.25, 0.3) is 0 Å². The molecular weight excluding hydrogens is 513 g/mol. The molecule has 1 unspecified atom stereocenters. The highest BCUT2D eigenvalue weighted by atomic mass is 127. The van der Waals surface area contributed by atoms with Crippen molar-refractivity contribution in [2.24, 2.45) is 4.99 Å². The van der Waals surface area contributed by atoms with Gasteiger partial charge >= 0.3 is 0 Å². The molecule has 2 aromatic rings. The van der Waals surface area contributed by atoms with E-state index < -0.39 is 0 Å². The molecule has 3 rings (SSSR count). The second kappa shape index (κ2) is 13.5. The van der Waals surface area contributed by atoms with Crippen molar-refractivity contribution in [3.63, 3.8) is 0 Å². The maximum atomic E-state index is 5.85. The van der Waals surface area contributed by atoms with E-state index in [0.29, 0.717) is 13.2 Å². The largest absolute Gasteiger partial charge is 0.492 e. The molecule has 1 aliphatic rings. The van der Waals surface area contributed by atoms with E-state index >= 15 is 0 Å². The van der Waals surface area contributed by atoms with Gasteiger partial charge in [-0.05, 0) is 69.3 Å². The van der Waals surface area contributed by atoms with Crippen LogP contribution in [0.3, 0.4) is 0 Å². The van der Waals surface area contributed by atoms with Gasteiger partial charge in [0.2, 0.25) is 0 Å². The molecule has 0 aliphatic carbocycles. The van der Waals surface area contributed by atoms with Crippen molar-refractivity contribution in [1.29, 1.82) is 0 Å². The van der Waals surface area contributed by atoms with Crippen LogP contribution in [0.25, 0.3) is 0 Å². The van der Waals surface area contributed by atoms with Gasteiger partial charge in [-0.2, -0.15) is 0 Å². The molecule has 7 heteroatoms. The second-order valence-corrected chi connectivity index (χ2v) is 8.38. The van der Waals surface area contributed by atoms with Gasteiger partial charge in [-0.3, -0.25) is 4.99 Å². The van der Waals surface area contributed by atoms with Gasteiger partial charge < -0.3 is 25.2 Å². The third kappa shape index (κ3) is 8.16. The molecule has 1 atom stereocenters. The summed E-state index contributed by atoms with van der Waals surface area (Å²) in [5.41, 5.74) is 3.75. The molecule has 1 heterocycles. The zero-order valence-corrected chi connectivity index (χ0v) is 22.1. The van der Waals surface area contributed by atoms with Gasteiger partial charge in [-0.15, -0.1) is 24.0 Å². The second-order valence-electron chi connectivity index (χ2n) is 8.38. The van der Waals surface area contributed by atoms with Crippen LogP contribution in [0.4, 0.5) is 5.69 Å². The monoisotopic (exact) mass is 551 g/mol. The van der Waals surface area contributed by atoms with Gasteiger partial charge in [0.1, 0.15) is 12.4 Å². The Labute approximate surface area is 210 Å². The first-order valence-corrected chi connectivity index (χ1v) is 11.2. The van der Waals surface area contributed by atoms with Gasteiger partial charge in [0.05, 0.1) is 6.04 Å². The number of aliphatic imine (C=N–C) groups is 1. The molecule has 1 aliphatic heterocycles. The van der Waals surface area contributed by atoms with Crippen molar-refractivity contribution in [1.82, 2.24) is 15.5 Å². The Morgan fingerprint density at radius 3 is 2.59 bits per heavy atom. The van der Waals surface area contributed by atoms with E-state index in [1.165, 1.54) is 24.1 Å². The van der Waals surface area contributed by atoms with Crippen LogP contribution in [0.2, 0.25) is 0 Å². The van der Waals surface area contributed by atoms with E-state index in [4.69, 9.17) is 4.74 Å². The van der Waals surface area contributed by atoms with Crippen molar-refractivity contribution in [2.75, 3.05) is 52.3 Å². The molecule has 2 N–H and O–H groups in total. The van der Waals surface area contributed by atoms with Crippen molar-refractivity contribution in [3.05, 3.63) is 59.7 Å². The van der Waals surface area contributed by atoms with Crippen molar-refractivity contribution < 1.29 is 4.74 Å². The topological polar surface area (TPSA) is 52.1 Å². The lowest BCUT2D eigenvalue weighted by atomic mass is 10.1. The Morgan fingerprint density at radius 2 is 1.88 bits per heavy atom. The SMILES string of the molecule is CN=C(NCc1cccc(OCCN(C)C)c1)NC(C)c1cccc(N2CCCC2)c1.I. The third-order valence-electron chi connectivity index (χ3n) is 5.58. The molecule has 0 amide bonds. The summed E-state index contributed by atoms with van der Waals surface area (Å²) in [4.78, 5) is 8.99. The fourth-order valence-corrected chi connectivity index (χ4v) is 3.73. The maximum absolute atomic E-state index is 5.85. The Morgan fingerprint density at radius 1 is 1.12 bits per heavy atom. The number of halogens is 1. The minimum atomic E-state index is 0. The van der Waals surface area contributed by atoms with E-state index in [9.17, 15) is 0 Å². The Balaban J connectivity index is 0.00000363. The van der Waals surface area contributed by atoms with Crippen LogP contribution in [0, 0.1) is 0 Å². The van der Waals surface area contributed by atoms with Crippen molar-refractivity contribution >= 4 is 35.6 Å².